The second kappa shape index (κ2) is 10.7. The number of fused-ring (bicyclic) bond motifs is 2. The minimum Gasteiger partial charge on any atom is -0.341 e. The average molecular weight is 662 g/mol. The maximum Gasteiger partial charge on any atom is 3.00 e. The van der Waals surface area contributed by atoms with Crippen molar-refractivity contribution in [2.75, 3.05) is 0 Å². The standard InChI is InChI=1S/C22H23N2.C11H8N.Ir/c1-22(2)17-11-6-7-13-19(17)24-15-23(16-9-4-3-5-10-16)20-14-8-12-18(22)21(20)24;1-2-6-10(7-3-1)11-8-4-5-9-12-11;/h6-8,11-12,14,16H,3-5,9-10H2,1-2H3;1-6,8-9H;/q2*-1;+3. The molecule has 1 aliphatic heterocycles. The number of hydrogen-bond acceptors (Lipinski definition) is 1. The maximum atomic E-state index is 4.22. The Balaban J connectivity index is 0.000000183. The molecule has 0 N–H and O–H groups in total. The molecule has 0 unspecified atom stereocenters. The van der Waals surface area contributed by atoms with Crippen LogP contribution in [0.3, 0.4) is 0 Å². The summed E-state index contributed by atoms with van der Waals surface area (Å²) in [5.74, 6) is 0. The number of benzene rings is 3. The van der Waals surface area contributed by atoms with E-state index in [1.807, 2.05) is 48.5 Å². The Morgan fingerprint density at radius 1 is 0.838 bits per heavy atom. The third-order valence-corrected chi connectivity index (χ3v) is 7.70. The van der Waals surface area contributed by atoms with Gasteiger partial charge in [0, 0.05) is 6.20 Å². The van der Waals surface area contributed by atoms with Crippen molar-refractivity contribution in [3.05, 3.63) is 115 Å². The fourth-order valence-corrected chi connectivity index (χ4v) is 5.79. The van der Waals surface area contributed by atoms with Crippen molar-refractivity contribution >= 4 is 11.0 Å². The van der Waals surface area contributed by atoms with Crippen LogP contribution in [0.1, 0.15) is 63.1 Å². The first-order valence-electron chi connectivity index (χ1n) is 13.0. The average Bonchev–Trinajstić information content (AvgIpc) is 3.34. The molecule has 186 valence electrons. The molecule has 2 aliphatic rings. The van der Waals surface area contributed by atoms with Gasteiger partial charge in [0.1, 0.15) is 0 Å². The predicted molar refractivity (Wildman–Crippen MR) is 144 cm³/mol. The molecule has 2 aromatic heterocycles. The molecule has 5 aromatic rings. The van der Waals surface area contributed by atoms with E-state index in [1.165, 1.54) is 60.0 Å². The zero-order chi connectivity index (χ0) is 24.5. The molecule has 4 heteroatoms. The van der Waals surface area contributed by atoms with Gasteiger partial charge in [-0.15, -0.1) is 41.5 Å². The summed E-state index contributed by atoms with van der Waals surface area (Å²) in [6, 6.07) is 34.0. The molecule has 1 aliphatic carbocycles. The number of pyridine rings is 1. The topological polar surface area (TPSA) is 21.7 Å². The van der Waals surface area contributed by atoms with E-state index in [-0.39, 0.29) is 25.5 Å². The van der Waals surface area contributed by atoms with Crippen LogP contribution in [0.4, 0.5) is 0 Å². The van der Waals surface area contributed by atoms with Crippen LogP contribution in [0.15, 0.2) is 85.1 Å². The van der Waals surface area contributed by atoms with Crippen LogP contribution in [0.2, 0.25) is 0 Å². The summed E-state index contributed by atoms with van der Waals surface area (Å²) in [5.41, 5.74) is 8.57. The third-order valence-electron chi connectivity index (χ3n) is 7.70. The molecule has 3 nitrogen and oxygen atoms in total. The monoisotopic (exact) mass is 662 g/mol. The van der Waals surface area contributed by atoms with Crippen LogP contribution in [0.25, 0.3) is 28.0 Å². The summed E-state index contributed by atoms with van der Waals surface area (Å²) in [6.45, 7) is 4.66. The van der Waals surface area contributed by atoms with Gasteiger partial charge in [0.05, 0.1) is 17.1 Å². The molecule has 0 spiro atoms. The number of aromatic nitrogens is 3. The molecule has 3 heterocycles. The van der Waals surface area contributed by atoms with Crippen molar-refractivity contribution in [3.8, 4) is 16.9 Å². The van der Waals surface area contributed by atoms with E-state index < -0.39 is 0 Å². The fraction of sp³-hybridized carbons (Fsp3) is 0.273. The van der Waals surface area contributed by atoms with Gasteiger partial charge in [-0.25, -0.2) is 0 Å². The van der Waals surface area contributed by atoms with Gasteiger partial charge in [-0.1, -0.05) is 61.9 Å². The van der Waals surface area contributed by atoms with E-state index in [4.69, 9.17) is 0 Å². The van der Waals surface area contributed by atoms with Gasteiger partial charge in [-0.3, -0.25) is 0 Å². The zero-order valence-electron chi connectivity index (χ0n) is 21.4. The van der Waals surface area contributed by atoms with Crippen molar-refractivity contribution < 1.29 is 24.7 Å². The van der Waals surface area contributed by atoms with E-state index in [0.717, 1.165) is 11.3 Å². The molecule has 1 saturated carbocycles. The van der Waals surface area contributed by atoms with Gasteiger partial charge in [-0.2, -0.15) is 24.3 Å². The van der Waals surface area contributed by atoms with Gasteiger partial charge >= 0.3 is 20.1 Å². The fourth-order valence-electron chi connectivity index (χ4n) is 5.79. The predicted octanol–water partition coefficient (Wildman–Crippen LogP) is 7.21. The Bertz CT molecular complexity index is 1450. The Morgan fingerprint density at radius 3 is 2.38 bits per heavy atom. The molecular formula is C33H31IrN3+. The Labute approximate surface area is 233 Å². The molecule has 0 radical (unpaired) electrons. The minimum atomic E-state index is -0.000802. The first kappa shape index (κ1) is 25.6. The first-order chi connectivity index (χ1) is 17.6. The second-order valence-electron chi connectivity index (χ2n) is 10.3. The summed E-state index contributed by atoms with van der Waals surface area (Å²) in [5, 5.41) is 0. The van der Waals surface area contributed by atoms with Gasteiger partial charge in [0.15, 0.2) is 0 Å². The minimum absolute atomic E-state index is 0. The Hall–Kier alpha value is -3.07. The van der Waals surface area contributed by atoms with Crippen LogP contribution < -0.4 is 4.57 Å². The van der Waals surface area contributed by atoms with Crippen LogP contribution in [-0.4, -0.2) is 9.55 Å². The van der Waals surface area contributed by atoms with Gasteiger partial charge in [0.2, 0.25) is 6.33 Å². The Morgan fingerprint density at radius 2 is 1.62 bits per heavy atom. The van der Waals surface area contributed by atoms with Crippen LogP contribution in [-0.2, 0) is 25.5 Å². The summed E-state index contributed by atoms with van der Waals surface area (Å²) in [7, 11) is 0. The number of imidazole rings is 1. The normalized spacial score (nSPS) is 15.7. The number of nitrogens with zero attached hydrogens (tertiary/aromatic N) is 3. The molecule has 3 aromatic carbocycles. The van der Waals surface area contributed by atoms with Crippen molar-refractivity contribution in [3.63, 3.8) is 0 Å². The second-order valence-corrected chi connectivity index (χ2v) is 10.3. The molecule has 0 amide bonds. The van der Waals surface area contributed by atoms with Crippen molar-refractivity contribution in [2.45, 2.75) is 57.4 Å². The molecule has 7 rings (SSSR count). The molecule has 0 saturated heterocycles. The largest absolute Gasteiger partial charge is 3.00 e. The van der Waals surface area contributed by atoms with E-state index in [9.17, 15) is 0 Å². The van der Waals surface area contributed by atoms with E-state index in [0.29, 0.717) is 6.04 Å². The smallest absolute Gasteiger partial charge is 0.341 e. The molecule has 0 atom stereocenters. The molecule has 37 heavy (non-hydrogen) atoms. The van der Waals surface area contributed by atoms with Gasteiger partial charge in [0.25, 0.3) is 0 Å². The van der Waals surface area contributed by atoms with E-state index in [1.54, 1.807) is 6.20 Å². The number of hydrogen-bond donors (Lipinski definition) is 0. The molecule has 0 bridgehead atoms. The van der Waals surface area contributed by atoms with Crippen molar-refractivity contribution in [2.24, 2.45) is 0 Å². The zero-order valence-corrected chi connectivity index (χ0v) is 23.8. The van der Waals surface area contributed by atoms with E-state index in [2.05, 4.69) is 76.8 Å². The first-order valence-corrected chi connectivity index (χ1v) is 13.0. The third kappa shape index (κ3) is 4.69. The summed E-state index contributed by atoms with van der Waals surface area (Å²) in [4.78, 5) is 4.22. The Kier molecular flexibility index (Phi) is 7.42. The van der Waals surface area contributed by atoms with Crippen molar-refractivity contribution in [1.82, 2.24) is 9.55 Å². The summed E-state index contributed by atoms with van der Waals surface area (Å²) >= 11 is 0. The SMILES string of the molecule is CC1(C)c2ccc[c-]c2-[n+]2[c-]n(C3CCCCC3)c3cccc1c32.[Ir+3].[c-]1ccccc1-c1ccccn1. The van der Waals surface area contributed by atoms with Crippen LogP contribution in [0, 0.1) is 18.5 Å². The maximum absolute atomic E-state index is 4.22. The van der Waals surface area contributed by atoms with E-state index >= 15 is 0 Å². The summed E-state index contributed by atoms with van der Waals surface area (Å²) in [6.07, 6.45) is 12.1. The van der Waals surface area contributed by atoms with Gasteiger partial charge in [-0.05, 0) is 42.9 Å². The number of rotatable bonds is 2. The quantitative estimate of drug-likeness (QED) is 0.145. The molecular weight excluding hydrogens is 631 g/mol. The van der Waals surface area contributed by atoms with Crippen LogP contribution in [0.5, 0.6) is 0 Å². The van der Waals surface area contributed by atoms with Crippen LogP contribution >= 0.6 is 0 Å². The van der Waals surface area contributed by atoms with Gasteiger partial charge < -0.3 is 14.1 Å². The summed E-state index contributed by atoms with van der Waals surface area (Å²) < 4.78 is 4.68. The number of para-hydroxylation sites is 2. The van der Waals surface area contributed by atoms with Crippen molar-refractivity contribution in [1.29, 1.82) is 0 Å². The molecule has 1 fully saturated rings.